The average molecular weight is 386 g/mol. The number of carbonyl (C=O) groups excluding carboxylic acids is 2. The predicted molar refractivity (Wildman–Crippen MR) is 96.9 cm³/mol. The molecule has 25 heavy (non-hydrogen) atoms. The highest BCUT2D eigenvalue weighted by Crippen LogP contribution is 2.30. The quantitative estimate of drug-likeness (QED) is 0.449. The highest BCUT2D eigenvalue weighted by atomic mass is 35.5. The highest BCUT2D eigenvalue weighted by Gasteiger charge is 2.13. The summed E-state index contributed by atoms with van der Waals surface area (Å²) in [5.74, 6) is -1.61. The minimum absolute atomic E-state index is 0.0903. The number of carboxylic acids is 1. The van der Waals surface area contributed by atoms with Crippen molar-refractivity contribution in [1.82, 2.24) is 10.3 Å². The average Bonchev–Trinajstić information content (AvgIpc) is 2.92. The standard InChI is InChI=1S/C9H5Cl2NO2.C7H12N2O2/c10-4-1-6(11)8-5(9(13)14)3-12-7(8)2-4;1-5(3-4-10)9-6(2)7(8)11/h1-3,12H,(H,13,14);4-5,9H,2-3H2,1H3,(H2,8,11). The summed E-state index contributed by atoms with van der Waals surface area (Å²) >= 11 is 11.6. The van der Waals surface area contributed by atoms with Gasteiger partial charge < -0.3 is 25.9 Å². The van der Waals surface area contributed by atoms with Crippen molar-refractivity contribution in [2.24, 2.45) is 5.73 Å². The third-order valence-electron chi connectivity index (χ3n) is 3.09. The number of benzene rings is 1. The lowest BCUT2D eigenvalue weighted by Crippen LogP contribution is -2.32. The summed E-state index contributed by atoms with van der Waals surface area (Å²) in [6, 6.07) is 3.06. The van der Waals surface area contributed by atoms with Crippen molar-refractivity contribution in [3.05, 3.63) is 46.2 Å². The zero-order valence-corrected chi connectivity index (χ0v) is 14.8. The van der Waals surface area contributed by atoms with E-state index >= 15 is 0 Å². The van der Waals surface area contributed by atoms with E-state index in [-0.39, 0.29) is 17.3 Å². The summed E-state index contributed by atoms with van der Waals surface area (Å²) in [6.45, 7) is 5.14. The van der Waals surface area contributed by atoms with Crippen molar-refractivity contribution in [3.8, 4) is 0 Å². The molecule has 1 unspecified atom stereocenters. The maximum Gasteiger partial charge on any atom is 0.337 e. The molecule has 0 radical (unpaired) electrons. The van der Waals surface area contributed by atoms with Crippen molar-refractivity contribution < 1.29 is 19.5 Å². The van der Waals surface area contributed by atoms with Gasteiger partial charge in [-0.3, -0.25) is 4.79 Å². The second kappa shape index (κ2) is 9.10. The van der Waals surface area contributed by atoms with E-state index in [2.05, 4.69) is 16.9 Å². The summed E-state index contributed by atoms with van der Waals surface area (Å²) < 4.78 is 0. The number of aldehydes is 1. The molecule has 7 nitrogen and oxygen atoms in total. The molecule has 0 aliphatic rings. The van der Waals surface area contributed by atoms with Crippen LogP contribution in [0.15, 0.2) is 30.6 Å². The van der Waals surface area contributed by atoms with Crippen molar-refractivity contribution in [2.75, 3.05) is 0 Å². The van der Waals surface area contributed by atoms with Crippen LogP contribution in [0.1, 0.15) is 23.7 Å². The molecule has 0 aliphatic heterocycles. The Kier molecular flexibility index (Phi) is 7.47. The van der Waals surface area contributed by atoms with Gasteiger partial charge in [-0.25, -0.2) is 4.79 Å². The number of rotatable bonds is 6. The van der Waals surface area contributed by atoms with Crippen molar-refractivity contribution in [2.45, 2.75) is 19.4 Å². The number of fused-ring (bicyclic) bond motifs is 1. The molecule has 0 spiro atoms. The van der Waals surface area contributed by atoms with Crippen LogP contribution in [-0.2, 0) is 9.59 Å². The largest absolute Gasteiger partial charge is 0.478 e. The Morgan fingerprint density at radius 2 is 2.08 bits per heavy atom. The maximum absolute atomic E-state index is 10.8. The monoisotopic (exact) mass is 385 g/mol. The second-order valence-corrected chi connectivity index (χ2v) is 5.95. The Morgan fingerprint density at radius 3 is 2.60 bits per heavy atom. The minimum atomic E-state index is -1.01. The zero-order valence-electron chi connectivity index (χ0n) is 13.3. The number of hydrogen-bond acceptors (Lipinski definition) is 4. The molecule has 0 saturated carbocycles. The van der Waals surface area contributed by atoms with Gasteiger partial charge in [0.25, 0.3) is 5.91 Å². The fraction of sp³-hybridized carbons (Fsp3) is 0.188. The maximum atomic E-state index is 10.8. The molecule has 2 rings (SSSR count). The van der Waals surface area contributed by atoms with Crippen LogP contribution < -0.4 is 11.1 Å². The molecule has 1 amide bonds. The number of hydrogen-bond donors (Lipinski definition) is 4. The first-order valence-electron chi connectivity index (χ1n) is 7.05. The molecule has 5 N–H and O–H groups in total. The lowest BCUT2D eigenvalue weighted by Gasteiger charge is -2.11. The molecule has 1 aromatic carbocycles. The zero-order chi connectivity index (χ0) is 19.1. The van der Waals surface area contributed by atoms with Gasteiger partial charge in [-0.15, -0.1) is 0 Å². The molecule has 1 heterocycles. The summed E-state index contributed by atoms with van der Waals surface area (Å²) in [5, 5.41) is 12.8. The Hall–Kier alpha value is -2.51. The number of nitrogens with one attached hydrogen (secondary N) is 2. The molecule has 0 bridgehead atoms. The molecule has 2 aromatic rings. The van der Waals surface area contributed by atoms with Gasteiger partial charge in [0.2, 0.25) is 0 Å². The van der Waals surface area contributed by atoms with Crippen LogP contribution in [0.3, 0.4) is 0 Å². The van der Waals surface area contributed by atoms with Crippen molar-refractivity contribution in [1.29, 1.82) is 0 Å². The van der Waals surface area contributed by atoms with Crippen LogP contribution >= 0.6 is 23.2 Å². The molecule has 9 heteroatoms. The Bertz CT molecular complexity index is 817. The van der Waals surface area contributed by atoms with Gasteiger partial charge >= 0.3 is 5.97 Å². The summed E-state index contributed by atoms with van der Waals surface area (Å²) in [7, 11) is 0. The molecule has 134 valence electrons. The molecule has 0 fully saturated rings. The number of nitrogens with two attached hydrogens (primary N) is 1. The van der Waals surface area contributed by atoms with E-state index in [4.69, 9.17) is 34.0 Å². The number of aromatic carboxylic acids is 1. The molecular formula is C16H17Cl2N3O4. The van der Waals surface area contributed by atoms with Gasteiger partial charge in [-0.05, 0) is 19.1 Å². The predicted octanol–water partition coefficient (Wildman–Crippen LogP) is 2.73. The number of carbonyl (C=O) groups is 3. The van der Waals surface area contributed by atoms with Crippen LogP contribution in [-0.4, -0.2) is 34.3 Å². The third-order valence-corrected chi connectivity index (χ3v) is 3.61. The fourth-order valence-corrected chi connectivity index (χ4v) is 2.52. The molecule has 1 atom stereocenters. The number of carboxylic acid groups (broad SMARTS) is 1. The van der Waals surface area contributed by atoms with Crippen LogP contribution in [0.5, 0.6) is 0 Å². The number of primary amides is 1. The number of aromatic nitrogens is 1. The van der Waals surface area contributed by atoms with E-state index in [9.17, 15) is 14.4 Å². The van der Waals surface area contributed by atoms with Crippen molar-refractivity contribution in [3.63, 3.8) is 0 Å². The smallest absolute Gasteiger partial charge is 0.337 e. The van der Waals surface area contributed by atoms with Gasteiger partial charge in [0.05, 0.1) is 16.3 Å². The topological polar surface area (TPSA) is 125 Å². The first-order chi connectivity index (χ1) is 11.7. The van der Waals surface area contributed by atoms with Gasteiger partial charge in [0.1, 0.15) is 6.29 Å². The first kappa shape index (κ1) is 20.5. The van der Waals surface area contributed by atoms with Crippen LogP contribution in [0.2, 0.25) is 10.0 Å². The normalized spacial score (nSPS) is 11.2. The minimum Gasteiger partial charge on any atom is -0.478 e. The highest BCUT2D eigenvalue weighted by molar-refractivity contribution is 6.39. The number of amides is 1. The first-order valence-corrected chi connectivity index (χ1v) is 7.81. The van der Waals surface area contributed by atoms with E-state index in [1.807, 2.05) is 0 Å². The van der Waals surface area contributed by atoms with Crippen molar-refractivity contribution >= 4 is 52.3 Å². The third kappa shape index (κ3) is 5.81. The van der Waals surface area contributed by atoms with E-state index in [1.54, 1.807) is 13.0 Å². The fourth-order valence-electron chi connectivity index (χ4n) is 1.92. The Morgan fingerprint density at radius 1 is 1.44 bits per heavy atom. The van der Waals surface area contributed by atoms with Crippen LogP contribution in [0, 0.1) is 0 Å². The lowest BCUT2D eigenvalue weighted by molar-refractivity contribution is -0.115. The van der Waals surface area contributed by atoms with E-state index in [1.165, 1.54) is 12.3 Å². The molecule has 0 saturated heterocycles. The van der Waals surface area contributed by atoms with Crippen LogP contribution in [0.4, 0.5) is 0 Å². The van der Waals surface area contributed by atoms with Gasteiger partial charge in [0, 0.05) is 34.6 Å². The van der Waals surface area contributed by atoms with Gasteiger partial charge in [0.15, 0.2) is 0 Å². The van der Waals surface area contributed by atoms with E-state index in [0.29, 0.717) is 27.4 Å². The Labute approximate surface area is 153 Å². The number of aromatic amines is 1. The lowest BCUT2D eigenvalue weighted by atomic mass is 10.2. The summed E-state index contributed by atoms with van der Waals surface area (Å²) in [5.41, 5.74) is 5.81. The summed E-state index contributed by atoms with van der Waals surface area (Å²) in [4.78, 5) is 34.0. The SMILES string of the molecule is C=C(NC(C)CC=O)C(N)=O.O=C(O)c1c[nH]c2cc(Cl)cc(Cl)c12. The number of H-pyrrole nitrogens is 1. The molecular weight excluding hydrogens is 369 g/mol. The van der Waals surface area contributed by atoms with E-state index in [0.717, 1.165) is 6.29 Å². The Balaban J connectivity index is 0.000000260. The summed E-state index contributed by atoms with van der Waals surface area (Å²) in [6.07, 6.45) is 2.51. The second-order valence-electron chi connectivity index (χ2n) is 5.11. The van der Waals surface area contributed by atoms with Gasteiger partial charge in [-0.2, -0.15) is 0 Å². The van der Waals surface area contributed by atoms with Crippen LogP contribution in [0.25, 0.3) is 10.9 Å². The number of halogens is 2. The van der Waals surface area contributed by atoms with E-state index < -0.39 is 11.9 Å². The van der Waals surface area contributed by atoms with Gasteiger partial charge in [-0.1, -0.05) is 29.8 Å². The molecule has 0 aliphatic carbocycles. The molecule has 1 aromatic heterocycles.